The first-order valence-electron chi connectivity index (χ1n) is 8.69. The normalized spacial score (nSPS) is 9.44. The molecular weight excluding hydrogens is 419 g/mol. The quantitative estimate of drug-likeness (QED) is 0.402. The monoisotopic (exact) mass is 443 g/mol. The molecule has 0 amide bonds. The van der Waals surface area contributed by atoms with Crippen LogP contribution in [-0.4, -0.2) is 4.57 Å². The maximum atomic E-state index is 2.25. The Morgan fingerprint density at radius 1 is 0.963 bits per heavy atom. The molecule has 1 aromatic heterocycles. The minimum atomic E-state index is 0. The molecule has 0 radical (unpaired) electrons. The molecule has 0 saturated carbocycles. The van der Waals surface area contributed by atoms with Gasteiger partial charge in [0.1, 0.15) is 0 Å². The number of hydrogen-bond acceptors (Lipinski definition) is 0. The molecule has 0 aliphatic carbocycles. The summed E-state index contributed by atoms with van der Waals surface area (Å²) in [5.74, 6) is 0. The van der Waals surface area contributed by atoms with Crippen molar-refractivity contribution in [2.45, 2.75) is 33.6 Å². The molecule has 0 atom stereocenters. The number of nitrogens with zero attached hydrogens (tertiary/aromatic N) is 1. The Morgan fingerprint density at radius 2 is 1.63 bits per heavy atom. The van der Waals surface area contributed by atoms with Crippen molar-refractivity contribution in [1.29, 1.82) is 0 Å². The Labute approximate surface area is 179 Å². The van der Waals surface area contributed by atoms with Gasteiger partial charge in [-0.15, -0.1) is 41.1 Å². The van der Waals surface area contributed by atoms with Crippen molar-refractivity contribution in [1.82, 2.24) is 4.57 Å². The van der Waals surface area contributed by atoms with Gasteiger partial charge >= 0.3 is 26.2 Å². The number of aryl methyl sites for hydroxylation is 3. The molecule has 0 spiro atoms. The van der Waals surface area contributed by atoms with Crippen LogP contribution in [0.5, 0.6) is 0 Å². The van der Waals surface area contributed by atoms with Crippen molar-refractivity contribution in [2.24, 2.45) is 0 Å². The topological polar surface area (TPSA) is 4.93 Å². The first-order valence-corrected chi connectivity index (χ1v) is 8.69. The molecule has 4 rings (SSSR count). The summed E-state index contributed by atoms with van der Waals surface area (Å²) in [4.78, 5) is 0. The SMILES string of the molecule is CCC[c-]1cccc1.Cc1cc(C)n(-c2cc3ccccc3[cH-]2)c1.[F-].[F-].[Zr+4]. The summed E-state index contributed by atoms with van der Waals surface area (Å²) < 4.78 is 2.25. The molecule has 140 valence electrons. The van der Waals surface area contributed by atoms with Gasteiger partial charge < -0.3 is 14.0 Å². The van der Waals surface area contributed by atoms with Gasteiger partial charge in [0.2, 0.25) is 0 Å². The summed E-state index contributed by atoms with van der Waals surface area (Å²) in [7, 11) is 0. The Bertz CT molecular complexity index is 871. The molecule has 1 heterocycles. The number of halogens is 2. The van der Waals surface area contributed by atoms with E-state index in [0.29, 0.717) is 0 Å². The molecule has 0 saturated heterocycles. The summed E-state index contributed by atoms with van der Waals surface area (Å²) in [6, 6.07) is 23.7. The number of aromatic nitrogens is 1. The second-order valence-corrected chi connectivity index (χ2v) is 6.41. The van der Waals surface area contributed by atoms with Gasteiger partial charge in [0, 0.05) is 11.9 Å². The zero-order valence-corrected chi connectivity index (χ0v) is 18.5. The van der Waals surface area contributed by atoms with Crippen molar-refractivity contribution in [2.75, 3.05) is 0 Å². The average Bonchev–Trinajstić information content (AvgIpc) is 3.27. The van der Waals surface area contributed by atoms with Crippen LogP contribution < -0.4 is 9.41 Å². The van der Waals surface area contributed by atoms with E-state index in [-0.39, 0.29) is 35.6 Å². The molecule has 4 heteroatoms. The zero-order chi connectivity index (χ0) is 16.9. The van der Waals surface area contributed by atoms with Crippen LogP contribution in [0.1, 0.15) is 30.2 Å². The van der Waals surface area contributed by atoms with Crippen LogP contribution in [0.15, 0.2) is 72.9 Å². The summed E-state index contributed by atoms with van der Waals surface area (Å²) in [5.41, 5.74) is 5.31. The Morgan fingerprint density at radius 3 is 2.19 bits per heavy atom. The molecule has 0 unspecified atom stereocenters. The van der Waals surface area contributed by atoms with Crippen LogP contribution >= 0.6 is 0 Å². The van der Waals surface area contributed by atoms with Gasteiger partial charge in [0.15, 0.2) is 0 Å². The number of benzene rings is 1. The van der Waals surface area contributed by atoms with Crippen LogP contribution in [0.25, 0.3) is 16.5 Å². The Kier molecular flexibility index (Phi) is 11.0. The fraction of sp³-hybridized carbons (Fsp3) is 0.217. The zero-order valence-electron chi connectivity index (χ0n) is 16.0. The molecule has 0 N–H and O–H groups in total. The Balaban J connectivity index is 0.000000535. The number of rotatable bonds is 3. The van der Waals surface area contributed by atoms with E-state index < -0.39 is 0 Å². The van der Waals surface area contributed by atoms with Gasteiger partial charge in [0.25, 0.3) is 0 Å². The average molecular weight is 445 g/mol. The van der Waals surface area contributed by atoms with E-state index in [4.69, 9.17) is 0 Å². The van der Waals surface area contributed by atoms with Crippen molar-refractivity contribution in [3.8, 4) is 5.69 Å². The second kappa shape index (κ2) is 11.8. The van der Waals surface area contributed by atoms with Gasteiger partial charge in [-0.1, -0.05) is 25.8 Å². The van der Waals surface area contributed by atoms with Crippen LogP contribution in [0, 0.1) is 13.8 Å². The van der Waals surface area contributed by atoms with Crippen LogP contribution in [0.4, 0.5) is 0 Å². The maximum Gasteiger partial charge on any atom is 4.00 e. The van der Waals surface area contributed by atoms with Crippen LogP contribution in [-0.2, 0) is 32.6 Å². The summed E-state index contributed by atoms with van der Waals surface area (Å²) in [6.45, 7) is 6.48. The molecule has 0 aliphatic heterocycles. The third-order valence-electron chi connectivity index (χ3n) is 4.30. The minimum Gasteiger partial charge on any atom is -1.00 e. The molecule has 1 nitrogen and oxygen atoms in total. The van der Waals surface area contributed by atoms with Crippen molar-refractivity contribution < 1.29 is 35.6 Å². The summed E-state index contributed by atoms with van der Waals surface area (Å²) in [6.07, 6.45) is 4.67. The van der Waals surface area contributed by atoms with E-state index in [9.17, 15) is 0 Å². The number of fused-ring (bicyclic) bond motifs is 1. The largest absolute Gasteiger partial charge is 4.00 e. The molecule has 3 aromatic carbocycles. The standard InChI is InChI=1S/C15H14N.C8H11.2FH.Zr/c1-11-7-12(2)16(10-11)15-8-13-5-3-4-6-14(13)9-15;1-2-5-8-6-3-4-7-8;;;/h3-10H,1-2H3;3-4,6-7H,2,5H2,1H3;2*1H;/q2*-1;;;+4/p-2. The molecule has 4 aromatic rings. The van der Waals surface area contributed by atoms with Gasteiger partial charge in [-0.05, 0) is 31.2 Å². The third-order valence-corrected chi connectivity index (χ3v) is 4.30. The maximum absolute atomic E-state index is 2.25. The van der Waals surface area contributed by atoms with Crippen molar-refractivity contribution in [3.63, 3.8) is 0 Å². The van der Waals surface area contributed by atoms with E-state index in [2.05, 4.69) is 98.3 Å². The van der Waals surface area contributed by atoms with E-state index in [1.54, 1.807) is 0 Å². The molecule has 0 bridgehead atoms. The number of hydrogen-bond donors (Lipinski definition) is 0. The fourth-order valence-electron chi connectivity index (χ4n) is 3.16. The fourth-order valence-corrected chi connectivity index (χ4v) is 3.16. The van der Waals surface area contributed by atoms with E-state index in [1.165, 1.54) is 46.1 Å². The van der Waals surface area contributed by atoms with Gasteiger partial charge in [-0.25, -0.2) is 12.1 Å². The van der Waals surface area contributed by atoms with Gasteiger partial charge in [-0.3, -0.25) is 0 Å². The first-order chi connectivity index (χ1) is 11.7. The van der Waals surface area contributed by atoms with Crippen molar-refractivity contribution in [3.05, 3.63) is 89.7 Å². The van der Waals surface area contributed by atoms with Crippen LogP contribution in [0.3, 0.4) is 0 Å². The van der Waals surface area contributed by atoms with Crippen molar-refractivity contribution >= 4 is 10.8 Å². The molecular formula is C23H25F2NZr. The smallest absolute Gasteiger partial charge is 1.00 e. The Hall–Kier alpha value is -1.80. The first kappa shape index (κ1) is 25.2. The minimum absolute atomic E-state index is 0. The van der Waals surface area contributed by atoms with Gasteiger partial charge in [0.05, 0.1) is 0 Å². The van der Waals surface area contributed by atoms with E-state index >= 15 is 0 Å². The second-order valence-electron chi connectivity index (χ2n) is 6.41. The summed E-state index contributed by atoms with van der Waals surface area (Å²) in [5, 5.41) is 2.62. The molecule has 0 fully saturated rings. The predicted octanol–water partition coefficient (Wildman–Crippen LogP) is 0.330. The van der Waals surface area contributed by atoms with E-state index in [1.807, 2.05) is 0 Å². The van der Waals surface area contributed by atoms with Crippen LogP contribution in [0.2, 0.25) is 0 Å². The third kappa shape index (κ3) is 6.39. The predicted molar refractivity (Wildman–Crippen MR) is 104 cm³/mol. The molecule has 0 aliphatic rings. The summed E-state index contributed by atoms with van der Waals surface area (Å²) >= 11 is 0. The van der Waals surface area contributed by atoms with Gasteiger partial charge in [-0.2, -0.15) is 17.7 Å². The van der Waals surface area contributed by atoms with E-state index in [0.717, 1.165) is 0 Å². The molecule has 27 heavy (non-hydrogen) atoms.